The normalized spacial score (nSPS) is 12.2. The average molecular weight is 308 g/mol. The molecule has 0 fully saturated rings. The van der Waals surface area contributed by atoms with Gasteiger partial charge in [0.15, 0.2) is 0 Å². The van der Waals surface area contributed by atoms with Crippen molar-refractivity contribution in [3.05, 3.63) is 41.5 Å². The van der Waals surface area contributed by atoms with Crippen molar-refractivity contribution in [3.63, 3.8) is 0 Å². The van der Waals surface area contributed by atoms with Crippen molar-refractivity contribution in [2.75, 3.05) is 18.0 Å². The second kappa shape index (κ2) is 9.57. The van der Waals surface area contributed by atoms with Gasteiger partial charge in [-0.05, 0) is 37.0 Å². The van der Waals surface area contributed by atoms with Gasteiger partial charge in [-0.25, -0.2) is 9.59 Å². The Bertz CT molecular complexity index is 523. The van der Waals surface area contributed by atoms with Gasteiger partial charge < -0.3 is 21.3 Å². The highest BCUT2D eigenvalue weighted by molar-refractivity contribution is 5.89. The number of benzene rings is 1. The number of hydrogen-bond acceptors (Lipinski definition) is 4. The predicted molar refractivity (Wildman–Crippen MR) is 86.8 cm³/mol. The largest absolute Gasteiger partial charge is 0.478 e. The molecule has 0 atom stereocenters. The van der Waals surface area contributed by atoms with Crippen molar-refractivity contribution in [1.82, 2.24) is 6.15 Å². The van der Waals surface area contributed by atoms with Crippen molar-refractivity contribution in [2.45, 2.75) is 26.7 Å². The highest BCUT2D eigenvalue weighted by atomic mass is 16.4. The summed E-state index contributed by atoms with van der Waals surface area (Å²) in [5.41, 5.74) is 4.38. The molecule has 1 aliphatic heterocycles. The SMILES string of the molecule is CCCN1CCc2ccc(C)cc21.N.O=C(O)C=CC(=O)O. The summed E-state index contributed by atoms with van der Waals surface area (Å²) in [4.78, 5) is 21.6. The van der Waals surface area contributed by atoms with Crippen LogP contribution in [0.3, 0.4) is 0 Å². The van der Waals surface area contributed by atoms with E-state index in [0.29, 0.717) is 12.2 Å². The minimum Gasteiger partial charge on any atom is -0.478 e. The van der Waals surface area contributed by atoms with Crippen molar-refractivity contribution in [2.24, 2.45) is 0 Å². The van der Waals surface area contributed by atoms with Crippen LogP contribution in [0.1, 0.15) is 24.5 Å². The number of carboxylic acids is 2. The summed E-state index contributed by atoms with van der Waals surface area (Å²) in [6.45, 7) is 6.83. The molecule has 0 bridgehead atoms. The van der Waals surface area contributed by atoms with Gasteiger partial charge in [0.25, 0.3) is 0 Å². The summed E-state index contributed by atoms with van der Waals surface area (Å²) in [7, 11) is 0. The van der Waals surface area contributed by atoms with Crippen LogP contribution in [-0.2, 0) is 16.0 Å². The van der Waals surface area contributed by atoms with Gasteiger partial charge in [-0.2, -0.15) is 0 Å². The van der Waals surface area contributed by atoms with Gasteiger partial charge in [0.05, 0.1) is 0 Å². The molecule has 22 heavy (non-hydrogen) atoms. The third-order valence-electron chi connectivity index (χ3n) is 3.09. The lowest BCUT2D eigenvalue weighted by atomic mass is 10.1. The van der Waals surface area contributed by atoms with Gasteiger partial charge in [-0.3, -0.25) is 0 Å². The lowest BCUT2D eigenvalue weighted by Crippen LogP contribution is -2.20. The second-order valence-corrected chi connectivity index (χ2v) is 4.88. The molecule has 0 aliphatic carbocycles. The highest BCUT2D eigenvalue weighted by Gasteiger charge is 2.17. The van der Waals surface area contributed by atoms with E-state index in [1.165, 1.54) is 42.7 Å². The second-order valence-electron chi connectivity index (χ2n) is 4.88. The Morgan fingerprint density at radius 3 is 2.32 bits per heavy atom. The summed E-state index contributed by atoms with van der Waals surface area (Å²) >= 11 is 0. The van der Waals surface area contributed by atoms with Crippen LogP contribution >= 0.6 is 0 Å². The Labute approximate surface area is 130 Å². The molecular formula is C16H24N2O4. The lowest BCUT2D eigenvalue weighted by Gasteiger charge is -2.18. The van der Waals surface area contributed by atoms with E-state index >= 15 is 0 Å². The molecule has 1 aromatic carbocycles. The fourth-order valence-corrected chi connectivity index (χ4v) is 2.20. The molecule has 1 heterocycles. The maximum atomic E-state index is 9.55. The first-order valence-electron chi connectivity index (χ1n) is 6.92. The van der Waals surface area contributed by atoms with Crippen LogP contribution in [0.15, 0.2) is 30.4 Å². The first kappa shape index (κ1) is 19.7. The smallest absolute Gasteiger partial charge is 0.328 e. The van der Waals surface area contributed by atoms with Crippen molar-refractivity contribution in [3.8, 4) is 0 Å². The third kappa shape index (κ3) is 6.41. The third-order valence-corrected chi connectivity index (χ3v) is 3.09. The molecule has 122 valence electrons. The number of aryl methyl sites for hydroxylation is 1. The number of rotatable bonds is 4. The molecule has 6 heteroatoms. The van der Waals surface area contributed by atoms with E-state index < -0.39 is 11.9 Å². The Balaban J connectivity index is 0.000000432. The lowest BCUT2D eigenvalue weighted by molar-refractivity contribution is -0.134. The van der Waals surface area contributed by atoms with Gasteiger partial charge in [0, 0.05) is 30.9 Å². The van der Waals surface area contributed by atoms with Crippen LogP contribution in [0.2, 0.25) is 0 Å². The minimum absolute atomic E-state index is 0. The summed E-state index contributed by atoms with van der Waals surface area (Å²) < 4.78 is 0. The van der Waals surface area contributed by atoms with Crippen LogP contribution in [0.5, 0.6) is 0 Å². The maximum absolute atomic E-state index is 9.55. The molecule has 5 N–H and O–H groups in total. The fraction of sp³-hybridized carbons (Fsp3) is 0.375. The van der Waals surface area contributed by atoms with Crippen LogP contribution in [0, 0.1) is 6.92 Å². The van der Waals surface area contributed by atoms with E-state index in [4.69, 9.17) is 10.2 Å². The molecule has 6 nitrogen and oxygen atoms in total. The van der Waals surface area contributed by atoms with Gasteiger partial charge in [-0.15, -0.1) is 0 Å². The zero-order valence-electron chi connectivity index (χ0n) is 13.1. The van der Waals surface area contributed by atoms with E-state index in [9.17, 15) is 9.59 Å². The standard InChI is InChI=1S/C12H17N.C4H4O4.H3N/c1-3-7-13-8-6-11-5-4-10(2)9-12(11)13;5-3(6)1-2-4(7)8;/h4-5,9H,3,6-8H2,1-2H3;1-2H,(H,5,6)(H,7,8);1H3. The molecule has 0 saturated heterocycles. The van der Waals surface area contributed by atoms with Gasteiger partial charge in [-0.1, -0.05) is 19.1 Å². The zero-order chi connectivity index (χ0) is 15.8. The first-order valence-corrected chi connectivity index (χ1v) is 6.92. The molecule has 0 saturated carbocycles. The number of anilines is 1. The van der Waals surface area contributed by atoms with E-state index in [1.54, 1.807) is 0 Å². The molecular weight excluding hydrogens is 284 g/mol. The molecule has 0 amide bonds. The number of aliphatic carboxylic acids is 2. The molecule has 2 rings (SSSR count). The van der Waals surface area contributed by atoms with Crippen LogP contribution in [0.25, 0.3) is 0 Å². The first-order chi connectivity index (χ1) is 9.93. The van der Waals surface area contributed by atoms with Crippen molar-refractivity contribution >= 4 is 17.6 Å². The summed E-state index contributed by atoms with van der Waals surface area (Å²) in [5.74, 6) is -2.51. The molecule has 0 unspecified atom stereocenters. The Morgan fingerprint density at radius 1 is 1.23 bits per heavy atom. The molecule has 0 aromatic heterocycles. The topological polar surface area (TPSA) is 113 Å². The van der Waals surface area contributed by atoms with Crippen LogP contribution in [0.4, 0.5) is 5.69 Å². The summed E-state index contributed by atoms with van der Waals surface area (Å²) in [5, 5.41) is 15.6. The average Bonchev–Trinajstić information content (AvgIpc) is 2.80. The Hall–Kier alpha value is -2.34. The molecule has 1 aromatic rings. The van der Waals surface area contributed by atoms with Crippen LogP contribution < -0.4 is 11.1 Å². The quantitative estimate of drug-likeness (QED) is 0.737. The number of carbonyl (C=O) groups is 2. The van der Waals surface area contributed by atoms with Crippen LogP contribution in [-0.4, -0.2) is 35.2 Å². The number of hydrogen-bond donors (Lipinski definition) is 3. The summed E-state index contributed by atoms with van der Waals surface area (Å²) in [6.07, 6.45) is 3.59. The van der Waals surface area contributed by atoms with E-state index in [2.05, 4.69) is 36.9 Å². The minimum atomic E-state index is -1.26. The Kier molecular flexibility index (Phi) is 8.55. The maximum Gasteiger partial charge on any atom is 0.328 e. The number of fused-ring (bicyclic) bond motifs is 1. The number of nitrogens with zero attached hydrogens (tertiary/aromatic N) is 1. The highest BCUT2D eigenvalue weighted by Crippen LogP contribution is 2.28. The van der Waals surface area contributed by atoms with Crippen molar-refractivity contribution in [1.29, 1.82) is 0 Å². The van der Waals surface area contributed by atoms with Gasteiger partial charge in [0.1, 0.15) is 0 Å². The van der Waals surface area contributed by atoms with E-state index in [-0.39, 0.29) is 6.15 Å². The van der Waals surface area contributed by atoms with E-state index in [1.807, 2.05) is 0 Å². The molecule has 0 spiro atoms. The van der Waals surface area contributed by atoms with Gasteiger partial charge in [0.2, 0.25) is 0 Å². The fourth-order valence-electron chi connectivity index (χ4n) is 2.20. The van der Waals surface area contributed by atoms with E-state index in [0.717, 1.165) is 0 Å². The zero-order valence-corrected chi connectivity index (χ0v) is 13.1. The summed E-state index contributed by atoms with van der Waals surface area (Å²) in [6, 6.07) is 6.81. The number of carboxylic acid groups (broad SMARTS) is 2. The molecule has 0 radical (unpaired) electrons. The monoisotopic (exact) mass is 308 g/mol. The van der Waals surface area contributed by atoms with Crippen molar-refractivity contribution < 1.29 is 19.8 Å². The predicted octanol–water partition coefficient (Wildman–Crippen LogP) is 2.64. The van der Waals surface area contributed by atoms with Gasteiger partial charge >= 0.3 is 11.9 Å². The molecule has 1 aliphatic rings. The Morgan fingerprint density at radius 2 is 1.82 bits per heavy atom.